The first-order valence-corrected chi connectivity index (χ1v) is 29.1. The number of nitrogens with zero attached hydrogens (tertiary/aromatic N) is 6. The highest BCUT2D eigenvalue weighted by Gasteiger charge is 2.23. The van der Waals surface area contributed by atoms with E-state index in [1.807, 2.05) is 0 Å². The van der Waals surface area contributed by atoms with E-state index >= 15 is 0 Å². The third-order valence-corrected chi connectivity index (χ3v) is 15.8. The number of nitrogens with one attached hydrogen (secondary N) is 6. The van der Waals surface area contributed by atoms with Gasteiger partial charge in [0.05, 0.1) is 22.8 Å². The number of aromatic nitrogens is 4. The molecule has 4 amide bonds. The normalized spacial score (nSPS) is 13.6. The number of carbonyl (C=O) groups excluding carboxylic acids is 4. The Hall–Kier alpha value is -5.68. The molecule has 2 aliphatic heterocycles. The molecule has 0 aromatic carbocycles. The standard InChI is InChI=1S/C62H98N12O4/c1-15-47-41(3)51-35-52-43(5)49(29-25-33-61(77)69-67-59(75)31-23-19-17-21-27-45(73(11)12)39-71(7)8)57(65-52)38-58-50(44(6)54(66-58)37-56-48(16-2)42(4)53(64-56)36-55(47)63-51)30-26-34-62(78)70-68-60(76)32-24-20-18-22-28-46(74(13)14)40-72(9)10/h35-38,45-46,63-64H,15-34,39-40H2,1-14H3,(H,67,75)(H,68,76)(H,69,77)(H,70,78). The lowest BCUT2D eigenvalue weighted by atomic mass is 9.97. The van der Waals surface area contributed by atoms with E-state index in [0.717, 1.165) is 157 Å². The number of unbranched alkanes of at least 4 members (excludes halogenated alkanes) is 6. The van der Waals surface area contributed by atoms with Crippen molar-refractivity contribution in [3.63, 3.8) is 0 Å². The van der Waals surface area contributed by atoms with E-state index in [4.69, 9.17) is 9.97 Å². The number of aryl methyl sites for hydroxylation is 4. The number of hydrogen-bond donors (Lipinski definition) is 6. The third-order valence-electron chi connectivity index (χ3n) is 15.8. The molecule has 16 nitrogen and oxygen atoms in total. The number of rotatable bonds is 30. The van der Waals surface area contributed by atoms with Gasteiger partial charge in [-0.2, -0.15) is 0 Å². The van der Waals surface area contributed by atoms with Gasteiger partial charge < -0.3 is 29.6 Å². The van der Waals surface area contributed by atoms with Gasteiger partial charge in [0.25, 0.3) is 0 Å². The predicted octanol–water partition coefficient (Wildman–Crippen LogP) is 10.2. The average molecular weight is 1080 g/mol. The van der Waals surface area contributed by atoms with E-state index in [-0.39, 0.29) is 36.5 Å². The second kappa shape index (κ2) is 31.2. The van der Waals surface area contributed by atoms with E-state index in [1.54, 1.807) is 0 Å². The van der Waals surface area contributed by atoms with Crippen molar-refractivity contribution in [2.45, 2.75) is 182 Å². The molecule has 3 aromatic rings. The van der Waals surface area contributed by atoms with Gasteiger partial charge in [0.1, 0.15) is 0 Å². The number of hydrogen-bond acceptors (Lipinski definition) is 10. The molecule has 78 heavy (non-hydrogen) atoms. The molecule has 0 radical (unpaired) electrons. The minimum absolute atomic E-state index is 0.177. The van der Waals surface area contributed by atoms with Crippen molar-refractivity contribution < 1.29 is 19.2 Å². The Labute approximate surface area is 467 Å². The molecule has 0 aliphatic carbocycles. The van der Waals surface area contributed by atoms with Crippen LogP contribution in [-0.4, -0.2) is 145 Å². The first-order chi connectivity index (χ1) is 37.2. The van der Waals surface area contributed by atoms with Gasteiger partial charge in [0.2, 0.25) is 23.6 Å². The molecular weight excluding hydrogens is 977 g/mol. The largest absolute Gasteiger partial charge is 0.355 e. The van der Waals surface area contributed by atoms with Crippen LogP contribution < -0.4 is 21.7 Å². The molecule has 0 saturated heterocycles. The van der Waals surface area contributed by atoms with E-state index < -0.39 is 0 Å². The lowest BCUT2D eigenvalue weighted by Gasteiger charge is -2.27. The number of aromatic amines is 2. The van der Waals surface area contributed by atoms with Gasteiger partial charge in [-0.1, -0.05) is 52.4 Å². The molecule has 0 fully saturated rings. The lowest BCUT2D eigenvalue weighted by Crippen LogP contribution is -2.41. The van der Waals surface area contributed by atoms with Crippen molar-refractivity contribution >= 4 is 68.0 Å². The fourth-order valence-electron chi connectivity index (χ4n) is 11.0. The van der Waals surface area contributed by atoms with E-state index in [9.17, 15) is 19.2 Å². The van der Waals surface area contributed by atoms with Crippen LogP contribution in [0.4, 0.5) is 0 Å². The Morgan fingerprint density at radius 2 is 0.795 bits per heavy atom. The average Bonchev–Trinajstić information content (AvgIpc) is 4.10. The minimum atomic E-state index is -0.235. The summed E-state index contributed by atoms with van der Waals surface area (Å²) in [4.78, 5) is 78.9. The van der Waals surface area contributed by atoms with Gasteiger partial charge in [0, 0.05) is 72.9 Å². The highest BCUT2D eigenvalue weighted by Crippen LogP contribution is 2.38. The van der Waals surface area contributed by atoms with Crippen LogP contribution in [0.15, 0.2) is 24.3 Å². The van der Waals surface area contributed by atoms with E-state index in [1.165, 1.54) is 22.3 Å². The maximum absolute atomic E-state index is 13.2. The number of hydrazine groups is 2. The molecule has 430 valence electrons. The summed E-state index contributed by atoms with van der Waals surface area (Å²) < 4.78 is 0. The molecule has 5 heterocycles. The summed E-state index contributed by atoms with van der Waals surface area (Å²) in [6.45, 7) is 15.0. The zero-order chi connectivity index (χ0) is 57.1. The quantitative estimate of drug-likeness (QED) is 0.0277. The summed E-state index contributed by atoms with van der Waals surface area (Å²) >= 11 is 0. The van der Waals surface area contributed by atoms with Crippen LogP contribution in [0, 0.1) is 13.8 Å². The molecule has 16 heteroatoms. The van der Waals surface area contributed by atoms with Gasteiger partial charge in [-0.05, 0) is 217 Å². The van der Waals surface area contributed by atoms with Crippen molar-refractivity contribution in [3.8, 4) is 0 Å². The summed E-state index contributed by atoms with van der Waals surface area (Å²) in [5.41, 5.74) is 27.1. The maximum atomic E-state index is 13.2. The molecular formula is C62H98N12O4. The first-order valence-electron chi connectivity index (χ1n) is 29.1. The Balaban J connectivity index is 1.29. The molecule has 5 rings (SSSR count). The van der Waals surface area contributed by atoms with Crippen molar-refractivity contribution in [3.05, 3.63) is 69.3 Å². The van der Waals surface area contributed by atoms with E-state index in [0.29, 0.717) is 50.6 Å². The highest BCUT2D eigenvalue weighted by atomic mass is 16.2. The fraction of sp³-hybridized carbons (Fsp3) is 0.613. The molecule has 2 unspecified atom stereocenters. The van der Waals surface area contributed by atoms with Gasteiger partial charge in [-0.15, -0.1) is 0 Å². The number of amides is 4. The van der Waals surface area contributed by atoms with Crippen LogP contribution in [0.25, 0.3) is 44.4 Å². The molecule has 0 spiro atoms. The number of H-pyrrole nitrogens is 2. The second-order valence-corrected chi connectivity index (χ2v) is 22.9. The Bertz CT molecular complexity index is 2750. The van der Waals surface area contributed by atoms with Crippen molar-refractivity contribution in [2.75, 3.05) is 69.5 Å². The number of likely N-dealkylation sites (N-methyl/N-ethyl adjacent to an activating group) is 4. The highest BCUT2D eigenvalue weighted by molar-refractivity contribution is 5.96. The van der Waals surface area contributed by atoms with Gasteiger partial charge in [0.15, 0.2) is 0 Å². The smallest absolute Gasteiger partial charge is 0.238 e. The summed E-state index contributed by atoms with van der Waals surface area (Å²) in [5, 5.41) is 0. The van der Waals surface area contributed by atoms with Crippen molar-refractivity contribution in [2.24, 2.45) is 0 Å². The Morgan fingerprint density at radius 1 is 0.449 bits per heavy atom. The fourth-order valence-corrected chi connectivity index (χ4v) is 11.0. The van der Waals surface area contributed by atoms with Crippen molar-refractivity contribution in [1.29, 1.82) is 0 Å². The van der Waals surface area contributed by atoms with Crippen LogP contribution in [0.5, 0.6) is 0 Å². The summed E-state index contributed by atoms with van der Waals surface area (Å²) in [6.07, 6.45) is 15.3. The van der Waals surface area contributed by atoms with Crippen LogP contribution in [-0.2, 0) is 32.0 Å². The summed E-state index contributed by atoms with van der Waals surface area (Å²) in [6, 6.07) is 9.62. The zero-order valence-corrected chi connectivity index (χ0v) is 50.3. The van der Waals surface area contributed by atoms with Crippen molar-refractivity contribution in [1.82, 2.24) is 61.2 Å². The Kier molecular flexibility index (Phi) is 25.3. The molecule has 2 aliphatic rings. The molecule has 6 N–H and O–H groups in total. The zero-order valence-electron chi connectivity index (χ0n) is 50.3. The topological polar surface area (TPSA) is 187 Å². The minimum Gasteiger partial charge on any atom is -0.355 e. The second-order valence-electron chi connectivity index (χ2n) is 22.9. The van der Waals surface area contributed by atoms with Gasteiger partial charge >= 0.3 is 0 Å². The monoisotopic (exact) mass is 1070 g/mol. The Morgan fingerprint density at radius 3 is 1.17 bits per heavy atom. The molecule has 3 aromatic heterocycles. The van der Waals surface area contributed by atoms with Gasteiger partial charge in [-0.3, -0.25) is 40.9 Å². The van der Waals surface area contributed by atoms with E-state index in [2.05, 4.69) is 173 Å². The SMILES string of the molecule is CCc1c(C)c2cc3[nH]c(cc4nc(cc5nc(cc1[nH]2)C(C)=C5CCCC(=O)NNC(=O)CCCCCCC(CN(C)C)N(C)C)C(CCCC(=O)NNC(=O)CCCCCCC(CN(C)C)N(C)C)=C4C)c(C)c3CC. The number of fused-ring (bicyclic) bond motifs is 8. The molecule has 2 atom stereocenters. The first kappa shape index (κ1) is 63.2. The van der Waals surface area contributed by atoms with Crippen LogP contribution in [0.3, 0.4) is 0 Å². The summed E-state index contributed by atoms with van der Waals surface area (Å²) in [5.74, 6) is -0.823. The lowest BCUT2D eigenvalue weighted by molar-refractivity contribution is -0.129. The van der Waals surface area contributed by atoms with Gasteiger partial charge in [-0.25, -0.2) is 9.97 Å². The van der Waals surface area contributed by atoms with Crippen LogP contribution in [0.1, 0.15) is 188 Å². The molecule has 8 bridgehead atoms. The number of carbonyl (C=O) groups is 4. The maximum Gasteiger partial charge on any atom is 0.238 e. The molecule has 0 saturated carbocycles. The summed E-state index contributed by atoms with van der Waals surface area (Å²) in [7, 11) is 17.0. The number of allylic oxidation sites excluding steroid dienone is 4. The van der Waals surface area contributed by atoms with Crippen LogP contribution in [0.2, 0.25) is 0 Å². The third kappa shape index (κ3) is 18.7. The predicted molar refractivity (Wildman–Crippen MR) is 322 cm³/mol. The van der Waals surface area contributed by atoms with Crippen LogP contribution >= 0.6 is 0 Å².